The molecule has 3 heteroatoms. The fourth-order valence-electron chi connectivity index (χ4n) is 1.97. The van der Waals surface area contributed by atoms with Crippen molar-refractivity contribution in [2.24, 2.45) is 0 Å². The molecule has 0 atom stereocenters. The van der Waals surface area contributed by atoms with Gasteiger partial charge in [-0.15, -0.1) is 0 Å². The van der Waals surface area contributed by atoms with Crippen molar-refractivity contribution in [2.75, 3.05) is 0 Å². The van der Waals surface area contributed by atoms with Gasteiger partial charge in [-0.1, -0.05) is 0 Å². The van der Waals surface area contributed by atoms with E-state index in [4.69, 9.17) is 0 Å². The average Bonchev–Trinajstić information content (AvgIpc) is 2.53. The molecule has 0 aromatic carbocycles. The Hall–Kier alpha value is 0.943. The molecule has 1 aliphatic carbocycles. The first-order chi connectivity index (χ1) is 6.79. The summed E-state index contributed by atoms with van der Waals surface area (Å²) in [6.45, 7) is 4.57. The Bertz CT molecular complexity index is 244. The summed E-state index contributed by atoms with van der Waals surface area (Å²) >= 11 is 1.62. The summed E-state index contributed by atoms with van der Waals surface area (Å²) in [5.74, 6) is 0. The zero-order valence-corrected chi connectivity index (χ0v) is 14.3. The van der Waals surface area contributed by atoms with Crippen LogP contribution in [0.3, 0.4) is 0 Å². The van der Waals surface area contributed by atoms with E-state index in [2.05, 4.69) is 19.9 Å². The Kier molecular flexibility index (Phi) is 13.3. The van der Waals surface area contributed by atoms with Crippen LogP contribution in [0.1, 0.15) is 58.8 Å². The first-order valence-electron chi connectivity index (χ1n) is 5.92. The van der Waals surface area contributed by atoms with E-state index in [0.29, 0.717) is 0 Å². The van der Waals surface area contributed by atoms with Gasteiger partial charge in [0, 0.05) is 0 Å². The Labute approximate surface area is 128 Å². The summed E-state index contributed by atoms with van der Waals surface area (Å²) in [5.41, 5.74) is 3.49. The quantitative estimate of drug-likeness (QED) is 0.553. The van der Waals surface area contributed by atoms with Crippen LogP contribution in [0.25, 0.3) is 0 Å². The molecule has 1 rings (SSSR count). The number of unbranched alkanes of at least 4 members (excludes halogenated alkanes) is 2. The fraction of sp³-hybridized carbons (Fsp3) is 0.692. The molecule has 16 heavy (non-hydrogen) atoms. The second-order valence-electron chi connectivity index (χ2n) is 4.11. The Balaban J connectivity index is 0. The van der Waals surface area contributed by atoms with E-state index in [1.807, 2.05) is 0 Å². The van der Waals surface area contributed by atoms with Crippen LogP contribution in [-0.4, -0.2) is 0 Å². The number of rotatable bonds is 6. The summed E-state index contributed by atoms with van der Waals surface area (Å²) < 4.78 is 1.65. The molecule has 0 aromatic heterocycles. The first-order valence-corrected chi connectivity index (χ1v) is 7.15. The summed E-state index contributed by atoms with van der Waals surface area (Å²) in [4.78, 5) is 0. The molecule has 0 saturated carbocycles. The minimum Gasteiger partial charge on any atom is -1.00 e. The Morgan fingerprint density at radius 1 is 1.06 bits per heavy atom. The van der Waals surface area contributed by atoms with Gasteiger partial charge in [0.15, 0.2) is 0 Å². The number of allylic oxidation sites excluding steroid dienone is 4. The van der Waals surface area contributed by atoms with Gasteiger partial charge >= 0.3 is 104 Å². The van der Waals surface area contributed by atoms with Crippen LogP contribution in [0.4, 0.5) is 0 Å². The summed E-state index contributed by atoms with van der Waals surface area (Å²) in [7, 11) is 0. The van der Waals surface area contributed by atoms with Crippen LogP contribution in [0.2, 0.25) is 0 Å². The minimum absolute atomic E-state index is 0. The monoisotopic (exact) mass is 337 g/mol. The van der Waals surface area contributed by atoms with Crippen molar-refractivity contribution in [1.82, 2.24) is 0 Å². The van der Waals surface area contributed by atoms with Gasteiger partial charge < -0.3 is 24.8 Å². The molecule has 0 bridgehead atoms. The van der Waals surface area contributed by atoms with Crippen molar-refractivity contribution in [3.8, 4) is 0 Å². The minimum atomic E-state index is 0. The van der Waals surface area contributed by atoms with Gasteiger partial charge in [-0.3, -0.25) is 0 Å². The van der Waals surface area contributed by atoms with Crippen LogP contribution in [0.5, 0.6) is 0 Å². The number of halogens is 2. The van der Waals surface area contributed by atoms with Crippen molar-refractivity contribution in [3.05, 3.63) is 20.5 Å². The number of hydrogen-bond donors (Lipinski definition) is 0. The van der Waals surface area contributed by atoms with Gasteiger partial charge in [0.1, 0.15) is 0 Å². The van der Waals surface area contributed by atoms with E-state index in [1.165, 1.54) is 44.9 Å². The van der Waals surface area contributed by atoms with E-state index in [0.717, 1.165) is 0 Å². The molecule has 0 radical (unpaired) electrons. The summed E-state index contributed by atoms with van der Waals surface area (Å²) in [6.07, 6.45) is 11.8. The second-order valence-corrected chi connectivity index (χ2v) is 5.44. The predicted octanol–water partition coefficient (Wildman–Crippen LogP) is -1.49. The molecular formula is C13H21Cl2Zr. The summed E-state index contributed by atoms with van der Waals surface area (Å²) in [6, 6.07) is 0. The van der Waals surface area contributed by atoms with Crippen LogP contribution in [0, 0.1) is 0 Å². The van der Waals surface area contributed by atoms with Gasteiger partial charge in [-0.05, 0) is 0 Å². The zero-order valence-electron chi connectivity index (χ0n) is 10.3. The third kappa shape index (κ3) is 6.03. The molecule has 0 saturated heterocycles. The normalized spacial score (nSPS) is 14.4. The molecule has 0 aliphatic heterocycles. The largest absolute Gasteiger partial charge is 1.00 e. The fourth-order valence-corrected chi connectivity index (χ4v) is 2.96. The molecule has 0 heterocycles. The predicted molar refractivity (Wildman–Crippen MR) is 58.8 cm³/mol. The standard InChI is InChI=1S/C13H21.2ClH.Zr/c1-3-5-8-12-10-7-11-13(12)9-6-4-2;;;/h7H,3-6,8-10H2,1-2H3;2*1H;/q;;;+2/p-2. The van der Waals surface area contributed by atoms with E-state index in [9.17, 15) is 0 Å². The molecule has 0 aromatic rings. The van der Waals surface area contributed by atoms with Crippen molar-refractivity contribution < 1.29 is 49.5 Å². The zero-order chi connectivity index (χ0) is 10.4. The maximum absolute atomic E-state index is 2.45. The maximum atomic E-state index is 2.45. The molecule has 91 valence electrons. The first kappa shape index (κ1) is 19.3. The van der Waals surface area contributed by atoms with Crippen molar-refractivity contribution >= 4 is 0 Å². The Morgan fingerprint density at radius 2 is 1.62 bits per heavy atom. The molecular weight excluding hydrogens is 318 g/mol. The van der Waals surface area contributed by atoms with Gasteiger partial charge in [0.2, 0.25) is 0 Å². The molecule has 1 aliphatic rings. The van der Waals surface area contributed by atoms with Crippen LogP contribution in [0.15, 0.2) is 20.5 Å². The Morgan fingerprint density at radius 3 is 2.19 bits per heavy atom. The molecule has 0 spiro atoms. The molecule has 0 amide bonds. The second kappa shape index (κ2) is 11.1. The molecule has 0 fully saturated rings. The van der Waals surface area contributed by atoms with Crippen molar-refractivity contribution in [1.29, 1.82) is 0 Å². The summed E-state index contributed by atoms with van der Waals surface area (Å²) in [5, 5.41) is 0. The van der Waals surface area contributed by atoms with Crippen molar-refractivity contribution in [3.63, 3.8) is 0 Å². The maximum Gasteiger partial charge on any atom is -1.00 e. The van der Waals surface area contributed by atoms with E-state index < -0.39 is 0 Å². The third-order valence-electron chi connectivity index (χ3n) is 2.92. The third-order valence-corrected chi connectivity index (χ3v) is 4.16. The molecule has 0 N–H and O–H groups in total. The van der Waals surface area contributed by atoms with Gasteiger partial charge in [0.05, 0.1) is 0 Å². The smallest absolute Gasteiger partial charge is 1.00 e. The van der Waals surface area contributed by atoms with E-state index in [-0.39, 0.29) is 24.8 Å². The SMILES string of the molecule is CCCCC1=C(CCCC)[C]([Zr+2])=CC1.[Cl-].[Cl-]. The van der Waals surface area contributed by atoms with E-state index in [1.54, 1.807) is 39.1 Å². The van der Waals surface area contributed by atoms with Gasteiger partial charge in [0.25, 0.3) is 0 Å². The average molecular weight is 339 g/mol. The molecule has 0 unspecified atom stereocenters. The molecule has 0 nitrogen and oxygen atoms in total. The van der Waals surface area contributed by atoms with Crippen LogP contribution < -0.4 is 24.8 Å². The van der Waals surface area contributed by atoms with E-state index >= 15 is 0 Å². The van der Waals surface area contributed by atoms with Crippen LogP contribution in [-0.2, 0) is 24.7 Å². The van der Waals surface area contributed by atoms with Gasteiger partial charge in [-0.2, -0.15) is 0 Å². The van der Waals surface area contributed by atoms with Crippen molar-refractivity contribution in [2.45, 2.75) is 58.8 Å². The topological polar surface area (TPSA) is 0 Å². The van der Waals surface area contributed by atoms with Crippen LogP contribution >= 0.6 is 0 Å². The number of hydrogen-bond acceptors (Lipinski definition) is 0. The van der Waals surface area contributed by atoms with Gasteiger partial charge in [-0.25, -0.2) is 0 Å².